The maximum absolute atomic E-state index is 13.4. The first-order valence-corrected chi connectivity index (χ1v) is 8.25. The van der Waals surface area contributed by atoms with Gasteiger partial charge in [0.05, 0.1) is 18.0 Å². The Morgan fingerprint density at radius 1 is 1.00 bits per heavy atom. The predicted molar refractivity (Wildman–Crippen MR) is 89.9 cm³/mol. The molecule has 0 aliphatic heterocycles. The Morgan fingerprint density at radius 3 is 2.44 bits per heavy atom. The van der Waals surface area contributed by atoms with E-state index in [1.165, 1.54) is 11.8 Å². The highest BCUT2D eigenvalue weighted by molar-refractivity contribution is 8.00. The Bertz CT molecular complexity index is 799. The van der Waals surface area contributed by atoms with Gasteiger partial charge in [0.15, 0.2) is 17.5 Å². The molecular formula is C17H15F3N2O2S. The van der Waals surface area contributed by atoms with E-state index in [2.05, 4.69) is 10.6 Å². The van der Waals surface area contributed by atoms with Gasteiger partial charge < -0.3 is 10.6 Å². The van der Waals surface area contributed by atoms with Crippen LogP contribution in [0.5, 0.6) is 0 Å². The number of hydrogen-bond donors (Lipinski definition) is 2. The minimum absolute atomic E-state index is 0.109. The van der Waals surface area contributed by atoms with Crippen LogP contribution in [0.4, 0.5) is 18.9 Å². The van der Waals surface area contributed by atoms with Gasteiger partial charge in [-0.05, 0) is 30.7 Å². The number of thioether (sulfide) groups is 1. The fraction of sp³-hybridized carbons (Fsp3) is 0.176. The number of carbonyl (C=O) groups excluding carboxylic acids is 2. The van der Waals surface area contributed by atoms with Gasteiger partial charge in [0, 0.05) is 4.90 Å². The molecular weight excluding hydrogens is 353 g/mol. The van der Waals surface area contributed by atoms with E-state index >= 15 is 0 Å². The van der Waals surface area contributed by atoms with Gasteiger partial charge in [0.25, 0.3) is 0 Å². The fourth-order valence-corrected chi connectivity index (χ4v) is 2.77. The summed E-state index contributed by atoms with van der Waals surface area (Å²) < 4.78 is 39.3. The second-order valence-corrected chi connectivity index (χ2v) is 6.12. The Kier molecular flexibility index (Phi) is 6.46. The van der Waals surface area contributed by atoms with Crippen LogP contribution in [-0.4, -0.2) is 24.1 Å². The monoisotopic (exact) mass is 368 g/mol. The SMILES string of the molecule is Cc1ccccc1SCC(=O)NCC(=O)Nc1ccc(F)c(F)c1F. The van der Waals surface area contributed by atoms with E-state index in [-0.39, 0.29) is 11.7 Å². The molecule has 0 unspecified atom stereocenters. The van der Waals surface area contributed by atoms with Gasteiger partial charge in [0.1, 0.15) is 0 Å². The highest BCUT2D eigenvalue weighted by atomic mass is 32.2. The highest BCUT2D eigenvalue weighted by Crippen LogP contribution is 2.21. The van der Waals surface area contributed by atoms with Gasteiger partial charge in [-0.2, -0.15) is 0 Å². The van der Waals surface area contributed by atoms with E-state index < -0.39 is 35.6 Å². The summed E-state index contributed by atoms with van der Waals surface area (Å²) >= 11 is 1.32. The molecule has 0 bridgehead atoms. The number of anilines is 1. The van der Waals surface area contributed by atoms with Crippen LogP contribution in [0.2, 0.25) is 0 Å². The first-order valence-electron chi connectivity index (χ1n) is 7.27. The Labute approximate surface area is 146 Å². The third kappa shape index (κ3) is 5.25. The van der Waals surface area contributed by atoms with Gasteiger partial charge in [-0.1, -0.05) is 18.2 Å². The van der Waals surface area contributed by atoms with Gasteiger partial charge in [-0.25, -0.2) is 13.2 Å². The molecule has 0 fully saturated rings. The van der Waals surface area contributed by atoms with Crippen molar-refractivity contribution in [2.24, 2.45) is 0 Å². The zero-order chi connectivity index (χ0) is 18.4. The van der Waals surface area contributed by atoms with Crippen molar-refractivity contribution in [3.63, 3.8) is 0 Å². The topological polar surface area (TPSA) is 58.2 Å². The Hall–Kier alpha value is -2.48. The van der Waals surface area contributed by atoms with Crippen LogP contribution in [0.25, 0.3) is 0 Å². The number of hydrogen-bond acceptors (Lipinski definition) is 3. The number of carbonyl (C=O) groups is 2. The summed E-state index contributed by atoms with van der Waals surface area (Å²) in [5, 5.41) is 4.45. The van der Waals surface area contributed by atoms with Crippen molar-refractivity contribution in [2.45, 2.75) is 11.8 Å². The molecule has 4 nitrogen and oxygen atoms in total. The number of benzene rings is 2. The summed E-state index contributed by atoms with van der Waals surface area (Å²) in [5.74, 6) is -5.53. The average molecular weight is 368 g/mol. The second-order valence-electron chi connectivity index (χ2n) is 5.10. The van der Waals surface area contributed by atoms with Gasteiger partial charge in [-0.3, -0.25) is 9.59 Å². The molecule has 8 heteroatoms. The van der Waals surface area contributed by atoms with Crippen LogP contribution in [0.15, 0.2) is 41.3 Å². The number of halogens is 3. The molecule has 2 aromatic rings. The molecule has 2 aromatic carbocycles. The van der Waals surface area contributed by atoms with Crippen molar-refractivity contribution in [1.82, 2.24) is 5.32 Å². The Balaban J connectivity index is 1.81. The summed E-state index contributed by atoms with van der Waals surface area (Å²) in [6.45, 7) is 1.51. The summed E-state index contributed by atoms with van der Waals surface area (Å²) in [6.07, 6.45) is 0. The smallest absolute Gasteiger partial charge is 0.243 e. The van der Waals surface area contributed by atoms with Crippen LogP contribution in [-0.2, 0) is 9.59 Å². The van der Waals surface area contributed by atoms with Crippen LogP contribution in [0.1, 0.15) is 5.56 Å². The van der Waals surface area contributed by atoms with Gasteiger partial charge in [0.2, 0.25) is 11.8 Å². The van der Waals surface area contributed by atoms with Crippen molar-refractivity contribution >= 4 is 29.3 Å². The maximum Gasteiger partial charge on any atom is 0.243 e. The molecule has 0 radical (unpaired) electrons. The first-order chi connectivity index (χ1) is 11.9. The number of nitrogens with one attached hydrogen (secondary N) is 2. The van der Waals surface area contributed by atoms with Crippen LogP contribution < -0.4 is 10.6 Å². The first kappa shape index (κ1) is 18.9. The molecule has 0 aliphatic rings. The zero-order valence-corrected chi connectivity index (χ0v) is 14.1. The van der Waals surface area contributed by atoms with Gasteiger partial charge in [-0.15, -0.1) is 11.8 Å². The minimum atomic E-state index is -1.67. The number of rotatable bonds is 6. The molecule has 0 atom stereocenters. The summed E-state index contributed by atoms with van der Waals surface area (Å²) in [6, 6.07) is 9.15. The molecule has 2 rings (SSSR count). The van der Waals surface area contributed by atoms with E-state index in [1.54, 1.807) is 0 Å². The molecule has 2 amide bonds. The number of amides is 2. The van der Waals surface area contributed by atoms with Crippen molar-refractivity contribution in [3.05, 3.63) is 59.4 Å². The highest BCUT2D eigenvalue weighted by Gasteiger charge is 2.15. The quantitative estimate of drug-likeness (QED) is 0.608. The van der Waals surface area contributed by atoms with Crippen LogP contribution >= 0.6 is 11.8 Å². The van der Waals surface area contributed by atoms with Crippen molar-refractivity contribution in [1.29, 1.82) is 0 Å². The summed E-state index contributed by atoms with van der Waals surface area (Å²) in [5.41, 5.74) is 0.541. The number of aryl methyl sites for hydroxylation is 1. The maximum atomic E-state index is 13.4. The lowest BCUT2D eigenvalue weighted by Crippen LogP contribution is -2.34. The lowest BCUT2D eigenvalue weighted by atomic mass is 10.2. The second kappa shape index (κ2) is 8.57. The minimum Gasteiger partial charge on any atom is -0.346 e. The molecule has 0 aromatic heterocycles. The Morgan fingerprint density at radius 2 is 1.72 bits per heavy atom. The molecule has 25 heavy (non-hydrogen) atoms. The van der Waals surface area contributed by atoms with E-state index in [1.807, 2.05) is 31.2 Å². The van der Waals surface area contributed by atoms with E-state index in [0.29, 0.717) is 6.07 Å². The lowest BCUT2D eigenvalue weighted by molar-refractivity contribution is -0.122. The molecule has 2 N–H and O–H groups in total. The molecule has 132 valence electrons. The molecule has 0 spiro atoms. The van der Waals surface area contributed by atoms with Crippen LogP contribution in [0.3, 0.4) is 0 Å². The largest absolute Gasteiger partial charge is 0.346 e. The van der Waals surface area contributed by atoms with Crippen molar-refractivity contribution in [2.75, 3.05) is 17.6 Å². The zero-order valence-electron chi connectivity index (χ0n) is 13.2. The average Bonchev–Trinajstić information content (AvgIpc) is 2.60. The molecule has 0 aliphatic carbocycles. The summed E-state index contributed by atoms with van der Waals surface area (Å²) in [7, 11) is 0. The molecule has 0 heterocycles. The van der Waals surface area contributed by atoms with E-state index in [9.17, 15) is 22.8 Å². The fourth-order valence-electron chi connectivity index (χ4n) is 1.91. The molecule has 0 saturated carbocycles. The molecule has 0 saturated heterocycles. The third-order valence-corrected chi connectivity index (χ3v) is 4.38. The van der Waals surface area contributed by atoms with Crippen molar-refractivity contribution < 1.29 is 22.8 Å². The van der Waals surface area contributed by atoms with Crippen LogP contribution in [0, 0.1) is 24.4 Å². The summed E-state index contributed by atoms with van der Waals surface area (Å²) in [4.78, 5) is 24.4. The standard InChI is InChI=1S/C17H15F3N2O2S/c1-10-4-2-3-5-13(10)25-9-15(24)21-8-14(23)22-12-7-6-11(18)16(19)17(12)20/h2-7H,8-9H2,1H3,(H,21,24)(H,22,23). The normalized spacial score (nSPS) is 10.4. The lowest BCUT2D eigenvalue weighted by Gasteiger charge is -2.09. The van der Waals surface area contributed by atoms with Gasteiger partial charge >= 0.3 is 0 Å². The van der Waals surface area contributed by atoms with E-state index in [0.717, 1.165) is 16.5 Å². The third-order valence-electron chi connectivity index (χ3n) is 3.21. The van der Waals surface area contributed by atoms with E-state index in [4.69, 9.17) is 0 Å². The predicted octanol–water partition coefficient (Wildman–Crippen LogP) is 3.26. The van der Waals surface area contributed by atoms with Crippen molar-refractivity contribution in [3.8, 4) is 0 Å².